The van der Waals surface area contributed by atoms with Gasteiger partial charge in [-0.1, -0.05) is 30.3 Å². The van der Waals surface area contributed by atoms with Gasteiger partial charge in [-0.3, -0.25) is 9.59 Å². The van der Waals surface area contributed by atoms with Crippen LogP contribution in [0.25, 0.3) is 11.1 Å². The molecule has 10 nitrogen and oxygen atoms in total. The number of carbonyl (C=O) groups excluding carboxylic acids is 3. The van der Waals surface area contributed by atoms with Crippen molar-refractivity contribution in [1.29, 1.82) is 0 Å². The molecule has 0 radical (unpaired) electrons. The Morgan fingerprint density at radius 3 is 2.48 bits per heavy atom. The molecule has 2 fully saturated rings. The van der Waals surface area contributed by atoms with E-state index in [4.69, 9.17) is 18.9 Å². The van der Waals surface area contributed by atoms with E-state index in [0.29, 0.717) is 55.2 Å². The van der Waals surface area contributed by atoms with Crippen LogP contribution in [0, 0.1) is 11.7 Å². The molecular weight excluding hydrogens is 641 g/mol. The van der Waals surface area contributed by atoms with Crippen LogP contribution >= 0.6 is 0 Å². The molecule has 3 aromatic carbocycles. The Bertz CT molecular complexity index is 1740. The van der Waals surface area contributed by atoms with Crippen molar-refractivity contribution in [3.63, 3.8) is 0 Å². The zero-order valence-electron chi connectivity index (χ0n) is 29.4. The van der Waals surface area contributed by atoms with Gasteiger partial charge in [0.05, 0.1) is 18.7 Å². The van der Waals surface area contributed by atoms with E-state index in [-0.39, 0.29) is 42.7 Å². The van der Waals surface area contributed by atoms with E-state index in [9.17, 15) is 18.8 Å². The van der Waals surface area contributed by atoms with E-state index in [1.807, 2.05) is 74.2 Å². The van der Waals surface area contributed by atoms with Gasteiger partial charge in [-0.15, -0.1) is 0 Å². The fraction of sp³-hybridized carbons (Fsp3) is 0.462. The van der Waals surface area contributed by atoms with Crippen molar-refractivity contribution in [1.82, 2.24) is 4.90 Å². The number of likely N-dealkylation sites (tertiary alicyclic amines) is 1. The molecule has 1 saturated heterocycles. The van der Waals surface area contributed by atoms with Gasteiger partial charge in [0.1, 0.15) is 11.4 Å². The normalized spacial score (nSPS) is 19.0. The summed E-state index contributed by atoms with van der Waals surface area (Å²) < 4.78 is 36.5. The van der Waals surface area contributed by atoms with Gasteiger partial charge < -0.3 is 33.6 Å². The molecule has 50 heavy (non-hydrogen) atoms. The van der Waals surface area contributed by atoms with Crippen LogP contribution in [0.15, 0.2) is 60.7 Å². The fourth-order valence-electron chi connectivity index (χ4n) is 6.87. The van der Waals surface area contributed by atoms with Crippen molar-refractivity contribution in [3.05, 3.63) is 72.0 Å². The van der Waals surface area contributed by atoms with Crippen molar-refractivity contribution in [2.24, 2.45) is 5.92 Å². The summed E-state index contributed by atoms with van der Waals surface area (Å²) >= 11 is 0. The number of halogens is 1. The first-order chi connectivity index (χ1) is 24.0. The number of anilines is 2. The molecular formula is C39H46FN3O7. The zero-order valence-corrected chi connectivity index (χ0v) is 29.4. The topological polar surface area (TPSA) is 97.9 Å². The largest absolute Gasteiger partial charge is 0.494 e. The van der Waals surface area contributed by atoms with Gasteiger partial charge >= 0.3 is 6.09 Å². The maximum Gasteiger partial charge on any atom is 0.410 e. The zero-order chi connectivity index (χ0) is 35.6. The summed E-state index contributed by atoms with van der Waals surface area (Å²) in [6.07, 6.45) is 2.44. The maximum atomic E-state index is 15.0. The minimum atomic E-state index is -0.687. The highest BCUT2D eigenvalue weighted by atomic mass is 19.1. The molecule has 2 atom stereocenters. The van der Waals surface area contributed by atoms with Gasteiger partial charge in [0, 0.05) is 45.1 Å². The van der Waals surface area contributed by atoms with Crippen LogP contribution in [0.3, 0.4) is 0 Å². The van der Waals surface area contributed by atoms with E-state index >= 15 is 0 Å². The standard InChI is InChI=1S/C39H46FN3O7/c1-39(2,3)50-38(46)41-18-16-30(27-9-6-8-25(20-27)26-10-14-34(48-5)32(40)21-26)31(23-41)37(45)43(28-11-12-28)29-13-15-35-33(22-29)42(17-7-19-47-4)36(44)24-49-35/h6,8-10,13-15,20-22,28,30-31H,7,11-12,16-19,23-24H2,1-5H3/t30-,31+/m1/s1. The van der Waals surface area contributed by atoms with Crippen LogP contribution in [-0.2, 0) is 19.1 Å². The molecule has 2 aliphatic heterocycles. The van der Waals surface area contributed by atoms with Crippen LogP contribution in [0.1, 0.15) is 57.9 Å². The molecule has 2 heterocycles. The number of piperidine rings is 1. The summed E-state index contributed by atoms with van der Waals surface area (Å²) in [5.74, 6) is -0.755. The lowest BCUT2D eigenvalue weighted by atomic mass is 9.78. The molecule has 266 valence electrons. The van der Waals surface area contributed by atoms with Gasteiger partial charge in [0.15, 0.2) is 18.2 Å². The van der Waals surface area contributed by atoms with E-state index in [0.717, 1.165) is 24.0 Å². The molecule has 0 N–H and O–H groups in total. The lowest BCUT2D eigenvalue weighted by Crippen LogP contribution is -2.51. The Morgan fingerprint density at radius 1 is 1.00 bits per heavy atom. The third-order valence-electron chi connectivity index (χ3n) is 9.42. The Balaban J connectivity index is 1.35. The Labute approximate surface area is 293 Å². The predicted octanol–water partition coefficient (Wildman–Crippen LogP) is 6.80. The first-order valence-corrected chi connectivity index (χ1v) is 17.3. The van der Waals surface area contributed by atoms with E-state index in [1.165, 1.54) is 13.2 Å². The van der Waals surface area contributed by atoms with Crippen molar-refractivity contribution < 1.29 is 37.7 Å². The second kappa shape index (κ2) is 14.7. The predicted molar refractivity (Wildman–Crippen MR) is 188 cm³/mol. The summed E-state index contributed by atoms with van der Waals surface area (Å²) in [7, 11) is 3.06. The SMILES string of the molecule is COCCCN1C(=O)COc2ccc(N(C(=O)[C@H]3CN(C(=O)OC(C)(C)C)CC[C@@H]3c3cccc(-c4ccc(OC)c(F)c4)c3)C3CC3)cc21. The lowest BCUT2D eigenvalue weighted by molar-refractivity contribution is -0.124. The Hall–Kier alpha value is -4.64. The van der Waals surface area contributed by atoms with Crippen LogP contribution in [0.5, 0.6) is 11.5 Å². The highest BCUT2D eigenvalue weighted by Gasteiger charge is 2.44. The molecule has 6 rings (SSSR count). The number of fused-ring (bicyclic) bond motifs is 1. The lowest BCUT2D eigenvalue weighted by Gasteiger charge is -2.41. The number of amides is 3. The van der Waals surface area contributed by atoms with Crippen LogP contribution < -0.4 is 19.3 Å². The number of carbonyl (C=O) groups is 3. The van der Waals surface area contributed by atoms with Crippen molar-refractivity contribution in [2.75, 3.05) is 56.9 Å². The average Bonchev–Trinajstić information content (AvgIpc) is 3.93. The molecule has 1 aliphatic carbocycles. The number of ether oxygens (including phenoxy) is 4. The summed E-state index contributed by atoms with van der Waals surface area (Å²) in [6.45, 7) is 7.01. The first-order valence-electron chi connectivity index (χ1n) is 17.3. The number of rotatable bonds is 10. The van der Waals surface area contributed by atoms with Gasteiger partial charge in [-0.2, -0.15) is 0 Å². The third-order valence-corrected chi connectivity index (χ3v) is 9.42. The molecule has 3 aliphatic rings. The van der Waals surface area contributed by atoms with E-state index in [1.54, 1.807) is 23.0 Å². The second-order valence-corrected chi connectivity index (χ2v) is 14.2. The number of methoxy groups -OCH3 is 2. The monoisotopic (exact) mass is 687 g/mol. The van der Waals surface area contributed by atoms with E-state index < -0.39 is 23.4 Å². The van der Waals surface area contributed by atoms with Crippen LogP contribution in [0.4, 0.5) is 20.6 Å². The van der Waals surface area contributed by atoms with E-state index in [2.05, 4.69) is 0 Å². The van der Waals surface area contributed by atoms with Gasteiger partial charge in [0.2, 0.25) is 5.91 Å². The molecule has 0 bridgehead atoms. The number of nitrogens with zero attached hydrogens (tertiary/aromatic N) is 3. The average molecular weight is 688 g/mol. The third kappa shape index (κ3) is 7.72. The number of benzene rings is 3. The molecule has 0 unspecified atom stereocenters. The van der Waals surface area contributed by atoms with Crippen LogP contribution in [0.2, 0.25) is 0 Å². The fourth-order valence-corrected chi connectivity index (χ4v) is 6.87. The molecule has 1 saturated carbocycles. The smallest absolute Gasteiger partial charge is 0.410 e. The highest BCUT2D eigenvalue weighted by Crippen LogP contribution is 2.43. The summed E-state index contributed by atoms with van der Waals surface area (Å²) in [5.41, 5.74) is 3.07. The Kier molecular flexibility index (Phi) is 10.3. The molecule has 3 amide bonds. The maximum absolute atomic E-state index is 15.0. The van der Waals surface area contributed by atoms with Crippen LogP contribution in [-0.4, -0.2) is 81.5 Å². The highest BCUT2D eigenvalue weighted by molar-refractivity contribution is 6.01. The second-order valence-electron chi connectivity index (χ2n) is 14.2. The summed E-state index contributed by atoms with van der Waals surface area (Å²) in [6, 6.07) is 18.3. The van der Waals surface area contributed by atoms with Crippen molar-refractivity contribution >= 4 is 29.3 Å². The number of hydrogen-bond donors (Lipinski definition) is 0. The molecule has 11 heteroatoms. The van der Waals surface area contributed by atoms with Gasteiger partial charge in [0.25, 0.3) is 5.91 Å². The quantitative estimate of drug-likeness (QED) is 0.216. The van der Waals surface area contributed by atoms with Crippen molar-refractivity contribution in [2.45, 2.75) is 64.0 Å². The molecule has 0 spiro atoms. The number of hydrogen-bond acceptors (Lipinski definition) is 7. The minimum Gasteiger partial charge on any atom is -0.494 e. The van der Waals surface area contributed by atoms with Crippen molar-refractivity contribution in [3.8, 4) is 22.6 Å². The summed E-state index contributed by atoms with van der Waals surface area (Å²) in [5, 5.41) is 0. The first kappa shape index (κ1) is 35.2. The molecule has 3 aromatic rings. The Morgan fingerprint density at radius 2 is 1.78 bits per heavy atom. The van der Waals surface area contributed by atoms with Gasteiger partial charge in [-0.25, -0.2) is 9.18 Å². The minimum absolute atomic E-state index is 0.00568. The van der Waals surface area contributed by atoms with Gasteiger partial charge in [-0.05, 0) is 99.4 Å². The molecule has 0 aromatic heterocycles. The summed E-state index contributed by atoms with van der Waals surface area (Å²) in [4.78, 5) is 46.4.